The van der Waals surface area contributed by atoms with Crippen molar-refractivity contribution in [2.45, 2.75) is 185 Å². The highest BCUT2D eigenvalue weighted by Gasteiger charge is 2.75. The fraction of sp³-hybridized carbons (Fsp3) is 0.905. The molecule has 0 amide bonds. The van der Waals surface area contributed by atoms with Crippen LogP contribution in [-0.2, 0) is 33.3 Å². The van der Waals surface area contributed by atoms with Gasteiger partial charge in [0.05, 0.1) is 31.0 Å². The molecule has 3 heterocycles. The fourth-order valence-corrected chi connectivity index (χ4v) is 13.0. The molecule has 7 aliphatic rings. The van der Waals surface area contributed by atoms with Gasteiger partial charge in [-0.05, 0) is 75.5 Å². The summed E-state index contributed by atoms with van der Waals surface area (Å²) in [7, 11) is 0. The SMILES string of the molecule is CC1(C)CCC(=O)C(C)(C2C(O)CC3(C)C4CC=C5C(CCC(OC6OC(COC7OC(CO)C(O)C(O)C7O)C(O)C(O)C6O)C5(C)C)C4(C)C(=O)CC23C)O1. The molecule has 0 spiro atoms. The third-order valence-corrected chi connectivity index (χ3v) is 16.4. The Bertz CT molecular complexity index is 1600. The summed E-state index contributed by atoms with van der Waals surface area (Å²) in [5, 5.41) is 84.9. The molecular formula is C42H66O15. The number of aliphatic hydroxyl groups is 8. The predicted octanol–water partition coefficient (Wildman–Crippen LogP) is 0.668. The third kappa shape index (κ3) is 6.48. The van der Waals surface area contributed by atoms with Crippen LogP contribution in [0.25, 0.3) is 0 Å². The Labute approximate surface area is 334 Å². The standard InChI is InChI=1S/C42H66O15/c1-37(2)14-13-25(45)42(8,57-37)34-21(44)15-39(5)24-11-9-19-20(41(24,7)26(46)16-40(34,39)6)10-12-27(38(19,3)4)56-36-33(52)31(50)29(48)23(55-36)18-53-35-32(51)30(49)28(47)22(17-43)54-35/h9,20-24,27-36,43-44,47-52H,10-18H2,1-8H3. The lowest BCUT2D eigenvalue weighted by Crippen LogP contribution is -2.66. The maximum Gasteiger partial charge on any atom is 0.187 e. The van der Waals surface area contributed by atoms with Crippen LogP contribution >= 0.6 is 0 Å². The van der Waals surface area contributed by atoms with Gasteiger partial charge in [-0.1, -0.05) is 46.3 Å². The molecule has 8 N–H and O–H groups in total. The summed E-state index contributed by atoms with van der Waals surface area (Å²) in [5.41, 5.74) is -3.33. The first-order valence-corrected chi connectivity index (χ1v) is 20.8. The Kier molecular flexibility index (Phi) is 11.2. The maximum absolute atomic E-state index is 14.9. The molecule has 0 aromatic heterocycles. The largest absolute Gasteiger partial charge is 0.394 e. The molecule has 0 aromatic rings. The smallest absolute Gasteiger partial charge is 0.187 e. The molecule has 0 radical (unpaired) electrons. The second-order valence-corrected chi connectivity index (χ2v) is 20.3. The lowest BCUT2D eigenvalue weighted by atomic mass is 9.38. The molecule has 324 valence electrons. The number of ether oxygens (including phenoxy) is 5. The van der Waals surface area contributed by atoms with Gasteiger partial charge in [-0.15, -0.1) is 0 Å². The minimum absolute atomic E-state index is 0.0234. The Balaban J connectivity index is 1.10. The van der Waals surface area contributed by atoms with Crippen LogP contribution < -0.4 is 0 Å². The normalized spacial score (nSPS) is 53.4. The first-order chi connectivity index (χ1) is 26.4. The number of aliphatic hydroxyl groups excluding tert-OH is 8. The van der Waals surface area contributed by atoms with E-state index in [0.29, 0.717) is 38.5 Å². The molecular weight excluding hydrogens is 744 g/mol. The van der Waals surface area contributed by atoms with E-state index in [0.717, 1.165) is 5.57 Å². The third-order valence-electron chi connectivity index (χ3n) is 16.4. The molecule has 15 heteroatoms. The number of hydrogen-bond acceptors (Lipinski definition) is 15. The molecule has 0 aromatic carbocycles. The first-order valence-electron chi connectivity index (χ1n) is 20.8. The lowest BCUT2D eigenvalue weighted by molar-refractivity contribution is -0.340. The summed E-state index contributed by atoms with van der Waals surface area (Å²) in [6.07, 6.45) is -11.2. The number of carbonyl (C=O) groups is 2. The van der Waals surface area contributed by atoms with Crippen molar-refractivity contribution in [2.24, 2.45) is 39.4 Å². The Morgan fingerprint density at radius 2 is 1.37 bits per heavy atom. The van der Waals surface area contributed by atoms with Crippen LogP contribution in [0, 0.1) is 39.4 Å². The van der Waals surface area contributed by atoms with Crippen molar-refractivity contribution >= 4 is 11.6 Å². The average molecular weight is 811 g/mol. The van der Waals surface area contributed by atoms with Gasteiger partial charge in [-0.3, -0.25) is 9.59 Å². The van der Waals surface area contributed by atoms with Crippen LogP contribution in [-0.4, -0.2) is 150 Å². The van der Waals surface area contributed by atoms with Gasteiger partial charge in [0.2, 0.25) is 0 Å². The molecule has 15 nitrogen and oxygen atoms in total. The molecule has 4 aliphatic carbocycles. The van der Waals surface area contributed by atoms with Crippen molar-refractivity contribution < 1.29 is 74.1 Å². The molecule has 3 saturated heterocycles. The number of allylic oxidation sites excluding steroid dienone is 1. The van der Waals surface area contributed by atoms with Gasteiger partial charge in [0, 0.05) is 29.6 Å². The van der Waals surface area contributed by atoms with Crippen molar-refractivity contribution in [3.8, 4) is 0 Å². The maximum atomic E-state index is 14.9. The lowest BCUT2D eigenvalue weighted by Gasteiger charge is -2.65. The molecule has 57 heavy (non-hydrogen) atoms. The minimum Gasteiger partial charge on any atom is -0.394 e. The van der Waals surface area contributed by atoms with Gasteiger partial charge in [0.1, 0.15) is 60.2 Å². The summed E-state index contributed by atoms with van der Waals surface area (Å²) in [6, 6.07) is 0. The second kappa shape index (κ2) is 14.6. The van der Waals surface area contributed by atoms with E-state index in [2.05, 4.69) is 26.8 Å². The molecule has 3 saturated carbocycles. The van der Waals surface area contributed by atoms with Gasteiger partial charge in [0.15, 0.2) is 18.4 Å². The van der Waals surface area contributed by atoms with E-state index >= 15 is 0 Å². The van der Waals surface area contributed by atoms with Gasteiger partial charge in [-0.2, -0.15) is 0 Å². The summed E-state index contributed by atoms with van der Waals surface area (Å²) in [4.78, 5) is 28.6. The van der Waals surface area contributed by atoms with Crippen molar-refractivity contribution in [1.29, 1.82) is 0 Å². The van der Waals surface area contributed by atoms with Crippen LogP contribution in [0.3, 0.4) is 0 Å². The Morgan fingerprint density at radius 1 is 0.754 bits per heavy atom. The molecule has 3 aliphatic heterocycles. The van der Waals surface area contributed by atoms with E-state index < -0.39 is 126 Å². The minimum atomic E-state index is -1.69. The molecule has 19 unspecified atom stereocenters. The van der Waals surface area contributed by atoms with Crippen LogP contribution in [0.15, 0.2) is 11.6 Å². The number of Topliss-reactive ketones (excluding diaryl/α,β-unsaturated/α-hetero) is 2. The van der Waals surface area contributed by atoms with Crippen LogP contribution in [0.2, 0.25) is 0 Å². The quantitative estimate of drug-likeness (QED) is 0.165. The van der Waals surface area contributed by atoms with Crippen LogP contribution in [0.5, 0.6) is 0 Å². The molecule has 7 rings (SSSR count). The van der Waals surface area contributed by atoms with E-state index in [4.69, 9.17) is 23.7 Å². The highest BCUT2D eigenvalue weighted by Crippen LogP contribution is 2.75. The zero-order chi connectivity index (χ0) is 42.0. The number of rotatable bonds is 7. The fourth-order valence-electron chi connectivity index (χ4n) is 13.0. The van der Waals surface area contributed by atoms with E-state index in [1.807, 2.05) is 34.6 Å². The van der Waals surface area contributed by atoms with Crippen molar-refractivity contribution in [1.82, 2.24) is 0 Å². The number of carbonyl (C=O) groups excluding carboxylic acids is 2. The molecule has 0 bridgehead atoms. The first kappa shape index (κ1) is 43.6. The van der Waals surface area contributed by atoms with Gasteiger partial charge >= 0.3 is 0 Å². The predicted molar refractivity (Wildman–Crippen MR) is 200 cm³/mol. The molecule has 6 fully saturated rings. The summed E-state index contributed by atoms with van der Waals surface area (Å²) in [6.45, 7) is 15.1. The van der Waals surface area contributed by atoms with Gasteiger partial charge in [0.25, 0.3) is 0 Å². The number of fused-ring (bicyclic) bond motifs is 5. The Morgan fingerprint density at radius 3 is 2.02 bits per heavy atom. The van der Waals surface area contributed by atoms with E-state index in [1.165, 1.54) is 0 Å². The van der Waals surface area contributed by atoms with Gasteiger partial charge in [-0.25, -0.2) is 0 Å². The zero-order valence-electron chi connectivity index (χ0n) is 34.5. The van der Waals surface area contributed by atoms with E-state index in [9.17, 15) is 50.4 Å². The summed E-state index contributed by atoms with van der Waals surface area (Å²) < 4.78 is 30.1. The number of hydrogen-bond donors (Lipinski definition) is 8. The average Bonchev–Trinajstić information content (AvgIpc) is 3.34. The van der Waals surface area contributed by atoms with Crippen LogP contribution in [0.1, 0.15) is 100 Å². The van der Waals surface area contributed by atoms with E-state index in [-0.39, 0.29) is 29.8 Å². The number of ketones is 2. The van der Waals surface area contributed by atoms with Gasteiger partial charge < -0.3 is 64.5 Å². The summed E-state index contributed by atoms with van der Waals surface area (Å²) in [5.74, 6) is -0.706. The second-order valence-electron chi connectivity index (χ2n) is 20.3. The summed E-state index contributed by atoms with van der Waals surface area (Å²) >= 11 is 0. The topological polar surface area (TPSA) is 242 Å². The van der Waals surface area contributed by atoms with Crippen molar-refractivity contribution in [2.75, 3.05) is 13.2 Å². The Hall–Kier alpha value is -1.44. The van der Waals surface area contributed by atoms with Crippen molar-refractivity contribution in [3.05, 3.63) is 11.6 Å². The highest BCUT2D eigenvalue weighted by atomic mass is 16.7. The monoisotopic (exact) mass is 810 g/mol. The zero-order valence-corrected chi connectivity index (χ0v) is 34.5. The van der Waals surface area contributed by atoms with Crippen molar-refractivity contribution in [3.63, 3.8) is 0 Å². The van der Waals surface area contributed by atoms with E-state index in [1.54, 1.807) is 0 Å². The molecule has 19 atom stereocenters. The highest BCUT2D eigenvalue weighted by molar-refractivity contribution is 5.90. The van der Waals surface area contributed by atoms with Crippen LogP contribution in [0.4, 0.5) is 0 Å².